The number of allylic oxidation sites excluding steroid dienone is 5. The molecule has 0 aliphatic heterocycles. The van der Waals surface area contributed by atoms with Gasteiger partial charge in [0.25, 0.3) is 0 Å². The fourth-order valence-electron chi connectivity index (χ4n) is 0.830. The lowest BCUT2D eigenvalue weighted by Gasteiger charge is -2.10. The van der Waals surface area contributed by atoms with Gasteiger partial charge in [-0.15, -0.1) is 0 Å². The molecule has 9 heavy (non-hydrogen) atoms. The van der Waals surface area contributed by atoms with E-state index in [0.29, 0.717) is 0 Å². The average Bonchev–Trinajstić information content (AvgIpc) is 1.90. The molecule has 0 N–H and O–H groups in total. The highest BCUT2D eigenvalue weighted by atomic mass is 14.1. The molecule has 0 atom stereocenters. The molecule has 0 heteroatoms. The van der Waals surface area contributed by atoms with Crippen LogP contribution >= 0.6 is 0 Å². The molecule has 1 rings (SSSR count). The summed E-state index contributed by atoms with van der Waals surface area (Å²) in [4.78, 5) is 0. The van der Waals surface area contributed by atoms with Gasteiger partial charge in [-0.25, -0.2) is 0 Å². The zero-order valence-electron chi connectivity index (χ0n) is 5.72. The van der Waals surface area contributed by atoms with Crippen molar-refractivity contribution in [3.8, 4) is 0 Å². The van der Waals surface area contributed by atoms with E-state index in [9.17, 15) is 0 Å². The van der Waals surface area contributed by atoms with Crippen LogP contribution in [0.25, 0.3) is 0 Å². The Hall–Kier alpha value is -0.780. The molecule has 0 aromatic rings. The molecule has 1 radical (unpaired) electrons. The molecule has 0 fully saturated rings. The predicted octanol–water partition coefficient (Wildman–Crippen LogP) is 2.65. The van der Waals surface area contributed by atoms with Crippen molar-refractivity contribution in [2.45, 2.75) is 13.3 Å². The van der Waals surface area contributed by atoms with Crippen molar-refractivity contribution in [3.63, 3.8) is 0 Å². The molecular weight excluding hydrogens is 108 g/mol. The summed E-state index contributed by atoms with van der Waals surface area (Å²) in [6.45, 7) is 5.90. The number of hydrogen-bond acceptors (Lipinski definition) is 0. The highest BCUT2D eigenvalue weighted by molar-refractivity contribution is 5.35. The second-order valence-electron chi connectivity index (χ2n) is 2.30. The van der Waals surface area contributed by atoms with Gasteiger partial charge in [0.15, 0.2) is 0 Å². The van der Waals surface area contributed by atoms with Crippen LogP contribution in [-0.2, 0) is 0 Å². The Labute approximate surface area is 56.6 Å². The van der Waals surface area contributed by atoms with Crippen LogP contribution < -0.4 is 0 Å². The van der Waals surface area contributed by atoms with Gasteiger partial charge in [-0.1, -0.05) is 36.5 Å². The summed E-state index contributed by atoms with van der Waals surface area (Å²) >= 11 is 0. The molecule has 0 spiro atoms. The zero-order valence-corrected chi connectivity index (χ0v) is 5.72. The molecule has 0 bridgehead atoms. The van der Waals surface area contributed by atoms with Gasteiger partial charge >= 0.3 is 0 Å². The third-order valence-electron chi connectivity index (χ3n) is 1.43. The van der Waals surface area contributed by atoms with Crippen molar-refractivity contribution in [3.05, 3.63) is 42.4 Å². The van der Waals surface area contributed by atoms with E-state index in [1.165, 1.54) is 11.5 Å². The predicted molar refractivity (Wildman–Crippen MR) is 41.0 cm³/mol. The van der Waals surface area contributed by atoms with Crippen molar-refractivity contribution < 1.29 is 0 Å². The standard InChI is InChI=1S/C9H11/c1-8(2)9-6-4-3-5-7-9/h3-6H,1,7H2,2H3. The molecule has 0 aromatic heterocycles. The van der Waals surface area contributed by atoms with Gasteiger partial charge in [0.1, 0.15) is 0 Å². The molecule has 0 unspecified atom stereocenters. The normalized spacial score (nSPS) is 18.3. The van der Waals surface area contributed by atoms with Crippen molar-refractivity contribution in [2.24, 2.45) is 0 Å². The smallest absolute Gasteiger partial charge is 0.0254 e. The van der Waals surface area contributed by atoms with E-state index < -0.39 is 0 Å². The maximum Gasteiger partial charge on any atom is 0.0254 e. The number of hydrogen-bond donors (Lipinski definition) is 0. The molecule has 0 saturated heterocycles. The summed E-state index contributed by atoms with van der Waals surface area (Å²) < 4.78 is 0. The highest BCUT2D eigenvalue weighted by Gasteiger charge is 2.04. The summed E-state index contributed by atoms with van der Waals surface area (Å²) in [5, 5.41) is 0. The fraction of sp³-hybridized carbons (Fsp3) is 0.222. The van der Waals surface area contributed by atoms with Crippen molar-refractivity contribution >= 4 is 0 Å². The average molecular weight is 119 g/mol. The lowest BCUT2D eigenvalue weighted by Crippen LogP contribution is -1.94. The van der Waals surface area contributed by atoms with E-state index in [-0.39, 0.29) is 0 Å². The quantitative estimate of drug-likeness (QED) is 0.497. The van der Waals surface area contributed by atoms with Gasteiger partial charge in [-0.3, -0.25) is 0 Å². The maximum atomic E-state index is 3.86. The monoisotopic (exact) mass is 119 g/mol. The third-order valence-corrected chi connectivity index (χ3v) is 1.43. The van der Waals surface area contributed by atoms with Crippen molar-refractivity contribution in [1.82, 2.24) is 0 Å². The first-order valence-electron chi connectivity index (χ1n) is 3.15. The Balaban J connectivity index is 2.56. The number of rotatable bonds is 1. The summed E-state index contributed by atoms with van der Waals surface area (Å²) in [6.07, 6.45) is 9.41. The van der Waals surface area contributed by atoms with Crippen LogP contribution in [0.4, 0.5) is 0 Å². The molecule has 1 aliphatic rings. The Kier molecular flexibility index (Phi) is 1.88. The summed E-state index contributed by atoms with van der Waals surface area (Å²) in [7, 11) is 0. The van der Waals surface area contributed by atoms with Gasteiger partial charge in [0.2, 0.25) is 0 Å². The fourth-order valence-corrected chi connectivity index (χ4v) is 0.830. The lowest BCUT2D eigenvalue weighted by molar-refractivity contribution is 1.07. The Morgan fingerprint density at radius 3 is 2.67 bits per heavy atom. The molecule has 0 amide bonds. The van der Waals surface area contributed by atoms with Gasteiger partial charge < -0.3 is 0 Å². The summed E-state index contributed by atoms with van der Waals surface area (Å²) in [6, 6.07) is 0. The maximum absolute atomic E-state index is 3.86. The van der Waals surface area contributed by atoms with Crippen molar-refractivity contribution in [1.29, 1.82) is 0 Å². The summed E-state index contributed by atoms with van der Waals surface area (Å²) in [5.74, 6) is 1.34. The van der Waals surface area contributed by atoms with Gasteiger partial charge in [-0.05, 0) is 13.3 Å². The van der Waals surface area contributed by atoms with E-state index in [1.807, 2.05) is 13.0 Å². The van der Waals surface area contributed by atoms with E-state index >= 15 is 0 Å². The van der Waals surface area contributed by atoms with Crippen LogP contribution in [0.5, 0.6) is 0 Å². The minimum Gasteiger partial charge on any atom is -0.0992 e. The topological polar surface area (TPSA) is 0 Å². The van der Waals surface area contributed by atoms with Crippen LogP contribution in [0.1, 0.15) is 13.3 Å². The first-order chi connectivity index (χ1) is 4.30. The zero-order chi connectivity index (χ0) is 6.69. The first-order valence-corrected chi connectivity index (χ1v) is 3.15. The third kappa shape index (κ3) is 1.56. The molecule has 1 aliphatic carbocycles. The second kappa shape index (κ2) is 2.67. The Bertz CT molecular complexity index is 161. The van der Waals surface area contributed by atoms with Gasteiger partial charge in [0.05, 0.1) is 0 Å². The van der Waals surface area contributed by atoms with Crippen LogP contribution in [0, 0.1) is 5.92 Å². The second-order valence-corrected chi connectivity index (χ2v) is 2.30. The summed E-state index contributed by atoms with van der Waals surface area (Å²) in [5.41, 5.74) is 1.18. The molecule has 47 valence electrons. The van der Waals surface area contributed by atoms with Crippen molar-refractivity contribution in [2.75, 3.05) is 0 Å². The lowest BCUT2D eigenvalue weighted by atomic mass is 9.95. The van der Waals surface area contributed by atoms with E-state index in [4.69, 9.17) is 0 Å². The minimum absolute atomic E-state index is 1.05. The van der Waals surface area contributed by atoms with Gasteiger partial charge in [0, 0.05) is 5.92 Å². The van der Waals surface area contributed by atoms with E-state index in [1.54, 1.807) is 0 Å². The molecule has 0 heterocycles. The van der Waals surface area contributed by atoms with Crippen LogP contribution in [0.15, 0.2) is 36.5 Å². The first kappa shape index (κ1) is 6.34. The van der Waals surface area contributed by atoms with Gasteiger partial charge in [-0.2, -0.15) is 0 Å². The van der Waals surface area contributed by atoms with Crippen LogP contribution in [0.3, 0.4) is 0 Å². The van der Waals surface area contributed by atoms with Crippen LogP contribution in [-0.4, -0.2) is 0 Å². The van der Waals surface area contributed by atoms with Crippen LogP contribution in [0.2, 0.25) is 0 Å². The molecular formula is C9H11. The molecule has 0 nitrogen and oxygen atoms in total. The molecule has 0 aromatic carbocycles. The Morgan fingerprint density at radius 2 is 2.33 bits per heavy atom. The van der Waals surface area contributed by atoms with E-state index in [2.05, 4.69) is 24.8 Å². The van der Waals surface area contributed by atoms with E-state index in [0.717, 1.165) is 6.42 Å². The SMILES string of the molecule is C=C(C)[C]1C=CC=CC1. The molecule has 0 saturated carbocycles. The highest BCUT2D eigenvalue weighted by Crippen LogP contribution is 2.20. The minimum atomic E-state index is 1.05. The largest absolute Gasteiger partial charge is 0.0992 e. The Morgan fingerprint density at radius 1 is 1.56 bits per heavy atom.